The molecule has 1 saturated heterocycles. The second-order valence-corrected chi connectivity index (χ2v) is 13.2. The summed E-state index contributed by atoms with van der Waals surface area (Å²) in [4.78, 5) is 55.9. The molecule has 10 nitrogen and oxygen atoms in total. The van der Waals surface area contributed by atoms with Crippen molar-refractivity contribution in [3.05, 3.63) is 0 Å². The monoisotopic (exact) mass is 552 g/mol. The average Bonchev–Trinajstić information content (AvgIpc) is 3.34. The van der Waals surface area contributed by atoms with Gasteiger partial charge < -0.3 is 25.0 Å². The number of nitrogens with zero attached hydrogens (tertiary/aromatic N) is 2. The maximum absolute atomic E-state index is 13.9. The fourth-order valence-electron chi connectivity index (χ4n) is 5.34. The summed E-state index contributed by atoms with van der Waals surface area (Å²) in [7, 11) is 3.14. The quantitative estimate of drug-likeness (QED) is 0.452. The number of nitrogens with one attached hydrogen (secondary N) is 2. The van der Waals surface area contributed by atoms with Crippen molar-refractivity contribution in [2.45, 2.75) is 123 Å². The molecule has 0 aromatic rings. The van der Waals surface area contributed by atoms with Gasteiger partial charge in [-0.05, 0) is 64.7 Å². The molecule has 0 radical (unpaired) electrons. The number of methoxy groups -OCH3 is 1. The summed E-state index contributed by atoms with van der Waals surface area (Å²) in [5.74, 6) is -0.542. The number of likely N-dealkylation sites (N-methyl/N-ethyl adjacent to an activating group) is 1. The average molecular weight is 553 g/mol. The molecule has 1 aliphatic carbocycles. The van der Waals surface area contributed by atoms with Crippen LogP contribution >= 0.6 is 0 Å². The van der Waals surface area contributed by atoms with Gasteiger partial charge in [0, 0.05) is 20.7 Å². The van der Waals surface area contributed by atoms with Crippen LogP contribution in [-0.4, -0.2) is 90.7 Å². The highest BCUT2D eigenvalue weighted by atomic mass is 16.6. The number of hydrogen-bond acceptors (Lipinski definition) is 6. The first-order valence-electron chi connectivity index (χ1n) is 14.4. The summed E-state index contributed by atoms with van der Waals surface area (Å²) in [6.45, 7) is 13.4. The van der Waals surface area contributed by atoms with E-state index in [0.717, 1.165) is 25.7 Å². The van der Waals surface area contributed by atoms with Crippen molar-refractivity contribution >= 4 is 23.8 Å². The van der Waals surface area contributed by atoms with E-state index in [1.807, 2.05) is 20.8 Å². The van der Waals surface area contributed by atoms with Gasteiger partial charge in [0.1, 0.15) is 23.7 Å². The molecule has 0 bridgehead atoms. The molecular formula is C29H52N4O6. The Balaban J connectivity index is 2.14. The fraction of sp³-hybridized carbons (Fsp3) is 0.862. The Morgan fingerprint density at radius 3 is 2.10 bits per heavy atom. The number of carbonyl (C=O) groups is 4. The van der Waals surface area contributed by atoms with Crippen LogP contribution in [0.3, 0.4) is 0 Å². The van der Waals surface area contributed by atoms with Gasteiger partial charge >= 0.3 is 6.09 Å². The van der Waals surface area contributed by atoms with Crippen LogP contribution < -0.4 is 10.6 Å². The minimum absolute atomic E-state index is 0.0808. The minimum Gasteiger partial charge on any atom is -0.444 e. The van der Waals surface area contributed by atoms with Gasteiger partial charge in [-0.1, -0.05) is 40.0 Å². The van der Waals surface area contributed by atoms with E-state index in [9.17, 15) is 19.2 Å². The summed E-state index contributed by atoms with van der Waals surface area (Å²) in [6, 6.07) is -2.41. The van der Waals surface area contributed by atoms with E-state index in [2.05, 4.69) is 10.6 Å². The molecule has 2 aliphatic rings. The summed E-state index contributed by atoms with van der Waals surface area (Å²) in [6.07, 6.45) is 6.33. The Hall–Kier alpha value is -2.36. The van der Waals surface area contributed by atoms with Crippen LogP contribution in [0.15, 0.2) is 0 Å². The zero-order chi connectivity index (χ0) is 29.5. The molecule has 39 heavy (non-hydrogen) atoms. The van der Waals surface area contributed by atoms with Crippen molar-refractivity contribution in [1.29, 1.82) is 0 Å². The van der Waals surface area contributed by atoms with Crippen LogP contribution in [0.1, 0.15) is 93.4 Å². The third-order valence-electron chi connectivity index (χ3n) is 7.77. The molecule has 1 heterocycles. The molecule has 0 unspecified atom stereocenters. The van der Waals surface area contributed by atoms with Gasteiger partial charge in [0.05, 0.1) is 12.6 Å². The van der Waals surface area contributed by atoms with E-state index >= 15 is 0 Å². The van der Waals surface area contributed by atoms with E-state index in [-0.39, 0.29) is 17.9 Å². The third-order valence-corrected chi connectivity index (χ3v) is 7.77. The Kier molecular flexibility index (Phi) is 11.6. The highest BCUT2D eigenvalue weighted by Crippen LogP contribution is 2.29. The predicted octanol–water partition coefficient (Wildman–Crippen LogP) is 3.48. The zero-order valence-electron chi connectivity index (χ0n) is 25.6. The zero-order valence-corrected chi connectivity index (χ0v) is 25.6. The summed E-state index contributed by atoms with van der Waals surface area (Å²) >= 11 is 0. The van der Waals surface area contributed by atoms with Crippen LogP contribution in [0, 0.1) is 11.3 Å². The van der Waals surface area contributed by atoms with E-state index < -0.39 is 41.1 Å². The van der Waals surface area contributed by atoms with Gasteiger partial charge in [0.2, 0.25) is 17.7 Å². The molecule has 0 aromatic heterocycles. The molecule has 0 spiro atoms. The lowest BCUT2D eigenvalue weighted by molar-refractivity contribution is -0.144. The van der Waals surface area contributed by atoms with Gasteiger partial charge in [0.25, 0.3) is 0 Å². The topological polar surface area (TPSA) is 117 Å². The Morgan fingerprint density at radius 2 is 1.56 bits per heavy atom. The van der Waals surface area contributed by atoms with Crippen LogP contribution in [-0.2, 0) is 23.9 Å². The van der Waals surface area contributed by atoms with Crippen molar-refractivity contribution < 1.29 is 28.7 Å². The standard InChI is InChI=1S/C29H52N4O6/c1-19(32(8)27(37)39-29(5,6)7)24(34)31-23(28(2,3)4)26(36)33-17-13-16-22(33)25(35)30-21(18-38-9)20-14-11-10-12-15-20/h19-23H,10-18H2,1-9H3,(H,30,35)(H,31,34)/t19-,21+,22-,23+/m0/s1. The number of carbonyl (C=O) groups excluding carboxylic acids is 4. The fourth-order valence-corrected chi connectivity index (χ4v) is 5.34. The second-order valence-electron chi connectivity index (χ2n) is 13.2. The molecule has 2 rings (SSSR count). The largest absolute Gasteiger partial charge is 0.444 e. The number of rotatable bonds is 9. The molecule has 4 atom stereocenters. The Labute approximate surface area is 234 Å². The smallest absolute Gasteiger partial charge is 0.410 e. The number of hydrogen-bond donors (Lipinski definition) is 2. The van der Waals surface area contributed by atoms with E-state index in [1.165, 1.54) is 18.4 Å². The SMILES string of the molecule is COC[C@@H](NC(=O)[C@@H]1CCCN1C(=O)[C@@H](NC(=O)[C@H](C)N(C)C(=O)OC(C)(C)C)C(C)(C)C)C1CCCCC1. The molecule has 2 fully saturated rings. The highest BCUT2D eigenvalue weighted by Gasteiger charge is 2.43. The van der Waals surface area contributed by atoms with Gasteiger partial charge in [-0.15, -0.1) is 0 Å². The van der Waals surface area contributed by atoms with E-state index in [1.54, 1.807) is 39.7 Å². The Morgan fingerprint density at radius 1 is 0.949 bits per heavy atom. The number of ether oxygens (including phenoxy) is 2. The van der Waals surface area contributed by atoms with Crippen LogP contribution in [0.25, 0.3) is 0 Å². The van der Waals surface area contributed by atoms with Crippen LogP contribution in [0.2, 0.25) is 0 Å². The van der Waals surface area contributed by atoms with Crippen molar-refractivity contribution in [3.8, 4) is 0 Å². The molecular weight excluding hydrogens is 500 g/mol. The van der Waals surface area contributed by atoms with Gasteiger partial charge in [-0.3, -0.25) is 19.3 Å². The van der Waals surface area contributed by atoms with Crippen molar-refractivity contribution in [1.82, 2.24) is 20.4 Å². The van der Waals surface area contributed by atoms with E-state index in [4.69, 9.17) is 9.47 Å². The van der Waals surface area contributed by atoms with Crippen LogP contribution in [0.4, 0.5) is 4.79 Å². The summed E-state index contributed by atoms with van der Waals surface area (Å²) < 4.78 is 10.8. The third kappa shape index (κ3) is 9.36. The Bertz CT molecular complexity index is 859. The predicted molar refractivity (Wildman–Crippen MR) is 150 cm³/mol. The lowest BCUT2D eigenvalue weighted by atomic mass is 9.84. The van der Waals surface area contributed by atoms with Crippen molar-refractivity contribution in [2.75, 3.05) is 27.3 Å². The molecule has 2 N–H and O–H groups in total. The van der Waals surface area contributed by atoms with Crippen LogP contribution in [0.5, 0.6) is 0 Å². The summed E-state index contributed by atoms with van der Waals surface area (Å²) in [5.41, 5.74) is -1.32. The molecule has 1 aliphatic heterocycles. The molecule has 224 valence electrons. The first-order valence-corrected chi connectivity index (χ1v) is 14.4. The second kappa shape index (κ2) is 13.8. The number of likely N-dealkylation sites (tertiary alicyclic amines) is 1. The lowest BCUT2D eigenvalue weighted by Gasteiger charge is -2.37. The van der Waals surface area contributed by atoms with Gasteiger partial charge in [-0.2, -0.15) is 0 Å². The molecule has 4 amide bonds. The molecule has 10 heteroatoms. The van der Waals surface area contributed by atoms with Crippen molar-refractivity contribution in [2.24, 2.45) is 11.3 Å². The molecule has 1 saturated carbocycles. The maximum atomic E-state index is 13.9. The van der Waals surface area contributed by atoms with Gasteiger partial charge in [-0.25, -0.2) is 4.79 Å². The first-order chi connectivity index (χ1) is 18.1. The first kappa shape index (κ1) is 32.8. The van der Waals surface area contributed by atoms with Crippen molar-refractivity contribution in [3.63, 3.8) is 0 Å². The van der Waals surface area contributed by atoms with E-state index in [0.29, 0.717) is 31.9 Å². The number of amides is 4. The molecule has 0 aromatic carbocycles. The minimum atomic E-state index is -0.874. The highest BCUT2D eigenvalue weighted by molar-refractivity contribution is 5.94. The normalized spacial score (nSPS) is 21.1. The van der Waals surface area contributed by atoms with Gasteiger partial charge in [0.15, 0.2) is 0 Å². The lowest BCUT2D eigenvalue weighted by Crippen LogP contribution is -2.60. The maximum Gasteiger partial charge on any atom is 0.410 e. The summed E-state index contributed by atoms with van der Waals surface area (Å²) in [5, 5.41) is 6.07.